The number of nitrogens with one attached hydrogen (secondary N) is 1. The molecule has 0 radical (unpaired) electrons. The lowest BCUT2D eigenvalue weighted by Gasteiger charge is -2.43. The number of alkyl halides is 3. The molecule has 39 heavy (non-hydrogen) atoms. The summed E-state index contributed by atoms with van der Waals surface area (Å²) in [5, 5.41) is 7.19. The van der Waals surface area contributed by atoms with Gasteiger partial charge in [0.25, 0.3) is 0 Å². The minimum Gasteiger partial charge on any atom is -0.487 e. The highest BCUT2D eigenvalue weighted by molar-refractivity contribution is 5.89. The molecule has 5 atom stereocenters. The van der Waals surface area contributed by atoms with Crippen molar-refractivity contribution in [1.29, 1.82) is 0 Å². The molecule has 2 heterocycles. The molecule has 1 aliphatic heterocycles. The number of methoxy groups -OCH3 is 3. The van der Waals surface area contributed by atoms with Crippen molar-refractivity contribution in [2.45, 2.75) is 50.6 Å². The van der Waals surface area contributed by atoms with Gasteiger partial charge in [-0.15, -0.1) is 13.2 Å². The van der Waals surface area contributed by atoms with Crippen molar-refractivity contribution in [3.8, 4) is 11.5 Å². The quantitative estimate of drug-likeness (QED) is 0.399. The van der Waals surface area contributed by atoms with E-state index in [1.165, 1.54) is 33.5 Å². The summed E-state index contributed by atoms with van der Waals surface area (Å²) in [6, 6.07) is 9.79. The highest BCUT2D eigenvalue weighted by atomic mass is 19.4. The largest absolute Gasteiger partial charge is 0.573 e. The third-order valence-corrected chi connectivity index (χ3v) is 5.99. The van der Waals surface area contributed by atoms with E-state index in [4.69, 9.17) is 32.9 Å². The van der Waals surface area contributed by atoms with E-state index in [1.807, 2.05) is 0 Å². The van der Waals surface area contributed by atoms with Gasteiger partial charge in [-0.3, -0.25) is 5.32 Å². The smallest absolute Gasteiger partial charge is 0.487 e. The number of carbonyl (C=O) groups is 1. The minimum absolute atomic E-state index is 0.0139. The van der Waals surface area contributed by atoms with Gasteiger partial charge >= 0.3 is 12.5 Å². The molecule has 11 nitrogen and oxygen atoms in total. The number of carbonyl (C=O) groups excluding carboxylic acids is 1. The van der Waals surface area contributed by atoms with E-state index in [2.05, 4.69) is 15.2 Å². The first-order valence-corrected chi connectivity index (χ1v) is 11.7. The van der Waals surface area contributed by atoms with Gasteiger partial charge in [-0.1, -0.05) is 5.16 Å². The third-order valence-electron chi connectivity index (χ3n) is 5.99. The van der Waals surface area contributed by atoms with Crippen molar-refractivity contribution < 1.29 is 55.6 Å². The summed E-state index contributed by atoms with van der Waals surface area (Å²) < 4.78 is 79.3. The predicted molar refractivity (Wildman–Crippen MR) is 128 cm³/mol. The molecule has 4 rings (SSSR count). The number of amides is 1. The Morgan fingerprint density at radius 1 is 0.974 bits per heavy atom. The average Bonchev–Trinajstić information content (AvgIpc) is 3.29. The number of halogens is 3. The maximum absolute atomic E-state index is 12.6. The number of anilines is 1. The van der Waals surface area contributed by atoms with Crippen molar-refractivity contribution in [2.24, 2.45) is 0 Å². The first-order chi connectivity index (χ1) is 18.6. The van der Waals surface area contributed by atoms with Crippen molar-refractivity contribution in [3.05, 3.63) is 48.2 Å². The lowest BCUT2D eigenvalue weighted by molar-refractivity contribution is -0.288. The normalized spacial score (nSPS) is 23.4. The number of hydrogen-bond donors (Lipinski definition) is 1. The molecule has 1 saturated heterocycles. The summed E-state index contributed by atoms with van der Waals surface area (Å²) in [7, 11) is 4.49. The molecule has 0 unspecified atom stereocenters. The van der Waals surface area contributed by atoms with Crippen LogP contribution in [0.25, 0.3) is 11.0 Å². The second kappa shape index (κ2) is 12.1. The van der Waals surface area contributed by atoms with Gasteiger partial charge in [0.05, 0.1) is 6.10 Å². The molecule has 1 aliphatic rings. The molecule has 1 aromatic heterocycles. The van der Waals surface area contributed by atoms with Gasteiger partial charge in [-0.2, -0.15) is 0 Å². The Morgan fingerprint density at radius 3 is 2.28 bits per heavy atom. The van der Waals surface area contributed by atoms with Gasteiger partial charge in [-0.05, 0) is 43.3 Å². The van der Waals surface area contributed by atoms with E-state index in [9.17, 15) is 18.0 Å². The SMILES string of the molecule is CO[C@H]1[C@@H](OC)[C@H](C)O[C@@H](OC(=O)Nc2ccc3c(COc4ccc(OC(F)(F)F)cc4)noc3c2)[C@@H]1OC. The number of fused-ring (bicyclic) bond motifs is 1. The lowest BCUT2D eigenvalue weighted by atomic mass is 9.99. The molecule has 212 valence electrons. The number of hydrogen-bond acceptors (Lipinski definition) is 10. The summed E-state index contributed by atoms with van der Waals surface area (Å²) in [6.07, 6.45) is -8.72. The standard InChI is InChI=1S/C25H27F3N2O9/c1-13-20(32-2)21(33-3)22(34-4)23(36-13)37-24(31)29-14-5-10-17-18(30-39-19(17)11-14)12-35-15-6-8-16(9-7-15)38-25(26,27)28/h5-11,13,20-23H,12H2,1-4H3,(H,29,31)/t13-,20-,21-,22+,23-/m0/s1. The molecule has 14 heteroatoms. The summed E-state index contributed by atoms with van der Waals surface area (Å²) >= 11 is 0. The molecule has 2 aromatic carbocycles. The van der Waals surface area contributed by atoms with Crippen LogP contribution in [-0.4, -0.2) is 69.6 Å². The zero-order chi connectivity index (χ0) is 28.2. The minimum atomic E-state index is -4.78. The molecule has 1 N–H and O–H groups in total. The fraction of sp³-hybridized carbons (Fsp3) is 0.440. The second-order valence-electron chi connectivity index (χ2n) is 8.49. The fourth-order valence-electron chi connectivity index (χ4n) is 4.22. The van der Waals surface area contributed by atoms with Crippen molar-refractivity contribution in [1.82, 2.24) is 5.16 Å². The Morgan fingerprint density at radius 2 is 1.64 bits per heavy atom. The first kappa shape index (κ1) is 28.4. The van der Waals surface area contributed by atoms with Gasteiger partial charge < -0.3 is 37.7 Å². The Bertz CT molecular complexity index is 1250. The molecule has 1 amide bonds. The highest BCUT2D eigenvalue weighted by Crippen LogP contribution is 2.29. The van der Waals surface area contributed by atoms with E-state index < -0.39 is 43.2 Å². The van der Waals surface area contributed by atoms with Crippen LogP contribution in [0.1, 0.15) is 12.6 Å². The molecule has 0 spiro atoms. The number of ether oxygens (including phenoxy) is 7. The molecule has 3 aromatic rings. The topological polar surface area (TPSA) is 120 Å². The highest BCUT2D eigenvalue weighted by Gasteiger charge is 2.47. The van der Waals surface area contributed by atoms with Crippen LogP contribution in [0.4, 0.5) is 23.7 Å². The lowest BCUT2D eigenvalue weighted by Crippen LogP contribution is -2.59. The summed E-state index contributed by atoms with van der Waals surface area (Å²) in [4.78, 5) is 12.6. The second-order valence-corrected chi connectivity index (χ2v) is 8.49. The van der Waals surface area contributed by atoms with Crippen LogP contribution in [-0.2, 0) is 30.3 Å². The predicted octanol–water partition coefficient (Wildman–Crippen LogP) is 4.64. The van der Waals surface area contributed by atoms with E-state index >= 15 is 0 Å². The maximum atomic E-state index is 12.6. The zero-order valence-corrected chi connectivity index (χ0v) is 21.4. The summed E-state index contributed by atoms with van der Waals surface area (Å²) in [5.41, 5.74) is 1.17. The number of nitrogens with zero attached hydrogens (tertiary/aromatic N) is 1. The van der Waals surface area contributed by atoms with Gasteiger partial charge in [-0.25, -0.2) is 4.79 Å². The van der Waals surface area contributed by atoms with E-state index in [0.29, 0.717) is 28.1 Å². The summed E-state index contributed by atoms with van der Waals surface area (Å²) in [6.45, 7) is 1.76. The van der Waals surface area contributed by atoms with Crippen LogP contribution in [0.2, 0.25) is 0 Å². The monoisotopic (exact) mass is 556 g/mol. The Kier molecular flexibility index (Phi) is 8.80. The maximum Gasteiger partial charge on any atom is 0.573 e. The van der Waals surface area contributed by atoms with Gasteiger partial charge in [0, 0.05) is 38.5 Å². The Labute approximate surface area is 221 Å². The Balaban J connectivity index is 1.36. The van der Waals surface area contributed by atoms with Gasteiger partial charge in [0.15, 0.2) is 5.58 Å². The molecule has 0 saturated carbocycles. The third kappa shape index (κ3) is 6.89. The van der Waals surface area contributed by atoms with Gasteiger partial charge in [0.2, 0.25) is 6.29 Å². The molecule has 1 fully saturated rings. The van der Waals surface area contributed by atoms with Gasteiger partial charge in [0.1, 0.15) is 42.1 Å². The van der Waals surface area contributed by atoms with Crippen LogP contribution in [0.5, 0.6) is 11.5 Å². The number of rotatable bonds is 9. The van der Waals surface area contributed by atoms with E-state index in [0.717, 1.165) is 12.1 Å². The molecule has 0 aliphatic carbocycles. The average molecular weight is 556 g/mol. The zero-order valence-electron chi connectivity index (χ0n) is 21.4. The van der Waals surface area contributed by atoms with Crippen molar-refractivity contribution >= 4 is 22.7 Å². The molecular formula is C25H27F3N2O9. The Hall–Kier alpha value is -3.59. The van der Waals surface area contributed by atoms with E-state index in [-0.39, 0.29) is 12.4 Å². The van der Waals surface area contributed by atoms with Crippen LogP contribution < -0.4 is 14.8 Å². The van der Waals surface area contributed by atoms with Crippen LogP contribution in [0.15, 0.2) is 47.0 Å². The first-order valence-electron chi connectivity index (χ1n) is 11.7. The number of benzene rings is 2. The molecule has 0 bridgehead atoms. The summed E-state index contributed by atoms with van der Waals surface area (Å²) in [5.74, 6) is -0.0527. The van der Waals surface area contributed by atoms with Crippen LogP contribution in [0, 0.1) is 0 Å². The van der Waals surface area contributed by atoms with E-state index in [1.54, 1.807) is 25.1 Å². The fourth-order valence-corrected chi connectivity index (χ4v) is 4.22. The van der Waals surface area contributed by atoms with Crippen molar-refractivity contribution in [2.75, 3.05) is 26.6 Å². The molecular weight excluding hydrogens is 529 g/mol. The van der Waals surface area contributed by atoms with Crippen molar-refractivity contribution in [3.63, 3.8) is 0 Å². The van der Waals surface area contributed by atoms with Crippen LogP contribution >= 0.6 is 0 Å². The number of aromatic nitrogens is 1. The van der Waals surface area contributed by atoms with Crippen LogP contribution in [0.3, 0.4) is 0 Å².